The summed E-state index contributed by atoms with van der Waals surface area (Å²) in [6.07, 6.45) is 1.71. The van der Waals surface area contributed by atoms with Gasteiger partial charge in [-0.3, -0.25) is 10.1 Å². The molecule has 2 N–H and O–H groups in total. The Hall–Kier alpha value is -2.21. The van der Waals surface area contributed by atoms with Crippen molar-refractivity contribution in [2.24, 2.45) is 0 Å². The number of rotatable bonds is 4. The summed E-state index contributed by atoms with van der Waals surface area (Å²) in [5.41, 5.74) is 1.71. The number of benzene rings is 1. The number of imidazole rings is 1. The number of nitro benzene ring substituents is 1. The van der Waals surface area contributed by atoms with E-state index in [0.717, 1.165) is 5.69 Å². The summed E-state index contributed by atoms with van der Waals surface area (Å²) in [7, 11) is 1.84. The minimum absolute atomic E-state index is 0.0640. The number of nitrogens with one attached hydrogen (secondary N) is 2. The van der Waals surface area contributed by atoms with Crippen LogP contribution in [0.25, 0.3) is 11.4 Å². The molecule has 1 aromatic heterocycles. The highest BCUT2D eigenvalue weighted by molar-refractivity contribution is 5.59. The van der Waals surface area contributed by atoms with Crippen molar-refractivity contribution in [3.05, 3.63) is 46.3 Å². The Morgan fingerprint density at radius 2 is 2.35 bits per heavy atom. The van der Waals surface area contributed by atoms with Crippen molar-refractivity contribution >= 4 is 5.69 Å². The van der Waals surface area contributed by atoms with Gasteiger partial charge in [-0.25, -0.2) is 4.98 Å². The Labute approximate surface area is 97.9 Å². The van der Waals surface area contributed by atoms with Gasteiger partial charge in [0.1, 0.15) is 5.82 Å². The molecule has 0 spiro atoms. The fourth-order valence-corrected chi connectivity index (χ4v) is 1.55. The molecule has 1 heterocycles. The molecule has 2 aromatic rings. The predicted octanol–water partition coefficient (Wildman–Crippen LogP) is 1.70. The highest BCUT2D eigenvalue weighted by atomic mass is 16.6. The third-order valence-corrected chi connectivity index (χ3v) is 2.33. The number of nitro groups is 1. The molecule has 0 saturated carbocycles. The molecule has 6 heteroatoms. The van der Waals surface area contributed by atoms with Gasteiger partial charge in [-0.1, -0.05) is 12.1 Å². The van der Waals surface area contributed by atoms with Gasteiger partial charge in [-0.2, -0.15) is 0 Å². The van der Waals surface area contributed by atoms with Gasteiger partial charge >= 0.3 is 0 Å². The molecule has 88 valence electrons. The first-order chi connectivity index (χ1) is 8.20. The molecule has 0 saturated heterocycles. The number of aromatic amines is 1. The summed E-state index contributed by atoms with van der Waals surface area (Å²) in [5, 5.41) is 13.7. The van der Waals surface area contributed by atoms with Gasteiger partial charge in [0.25, 0.3) is 5.69 Å². The van der Waals surface area contributed by atoms with Crippen LogP contribution < -0.4 is 5.32 Å². The standard InChI is InChI=1S/C11H12N4O2/c1-12-6-9-7-13-11(14-9)8-3-2-4-10(5-8)15(16)17/h2-5,7,12H,6H2,1H3,(H,13,14). The molecule has 0 aliphatic carbocycles. The lowest BCUT2D eigenvalue weighted by atomic mass is 10.2. The van der Waals surface area contributed by atoms with Gasteiger partial charge in [0.2, 0.25) is 0 Å². The van der Waals surface area contributed by atoms with Crippen LogP contribution in [0.1, 0.15) is 5.69 Å². The van der Waals surface area contributed by atoms with Crippen molar-refractivity contribution in [2.75, 3.05) is 7.05 Å². The van der Waals surface area contributed by atoms with E-state index >= 15 is 0 Å². The summed E-state index contributed by atoms with van der Waals surface area (Å²) in [4.78, 5) is 17.5. The first-order valence-corrected chi connectivity index (χ1v) is 5.14. The Morgan fingerprint density at radius 3 is 3.06 bits per heavy atom. The normalized spacial score (nSPS) is 10.4. The zero-order valence-corrected chi connectivity index (χ0v) is 9.30. The van der Waals surface area contributed by atoms with Crippen molar-refractivity contribution in [3.63, 3.8) is 0 Å². The molecule has 0 bridgehead atoms. The SMILES string of the molecule is CNCc1cnc(-c2cccc([N+](=O)[O-])c2)[nH]1. The van der Waals surface area contributed by atoms with Crippen molar-refractivity contribution in [2.45, 2.75) is 6.54 Å². The second-order valence-corrected chi connectivity index (χ2v) is 3.59. The van der Waals surface area contributed by atoms with Crippen molar-refractivity contribution in [3.8, 4) is 11.4 Å². The number of H-pyrrole nitrogens is 1. The number of hydrogen-bond acceptors (Lipinski definition) is 4. The number of non-ortho nitro benzene ring substituents is 1. The lowest BCUT2D eigenvalue weighted by Gasteiger charge is -1.97. The summed E-state index contributed by atoms with van der Waals surface area (Å²) >= 11 is 0. The maximum atomic E-state index is 10.7. The largest absolute Gasteiger partial charge is 0.341 e. The molecule has 6 nitrogen and oxygen atoms in total. The topological polar surface area (TPSA) is 83.8 Å². The smallest absolute Gasteiger partial charge is 0.270 e. The van der Waals surface area contributed by atoms with E-state index < -0.39 is 4.92 Å². The van der Waals surface area contributed by atoms with Crippen LogP contribution in [0.3, 0.4) is 0 Å². The maximum Gasteiger partial charge on any atom is 0.270 e. The molecule has 0 atom stereocenters. The monoisotopic (exact) mass is 232 g/mol. The number of aromatic nitrogens is 2. The van der Waals surface area contributed by atoms with Gasteiger partial charge in [0, 0.05) is 36.1 Å². The second kappa shape index (κ2) is 4.75. The lowest BCUT2D eigenvalue weighted by Crippen LogP contribution is -2.04. The predicted molar refractivity (Wildman–Crippen MR) is 63.4 cm³/mol. The van der Waals surface area contributed by atoms with E-state index in [2.05, 4.69) is 15.3 Å². The highest BCUT2D eigenvalue weighted by Crippen LogP contribution is 2.21. The molecule has 0 aliphatic heterocycles. The third kappa shape index (κ3) is 2.48. The van der Waals surface area contributed by atoms with E-state index in [0.29, 0.717) is 17.9 Å². The second-order valence-electron chi connectivity index (χ2n) is 3.59. The van der Waals surface area contributed by atoms with E-state index in [9.17, 15) is 10.1 Å². The molecular formula is C11H12N4O2. The van der Waals surface area contributed by atoms with Crippen LogP contribution in [0, 0.1) is 10.1 Å². The van der Waals surface area contributed by atoms with E-state index in [1.807, 2.05) is 7.05 Å². The molecular weight excluding hydrogens is 220 g/mol. The van der Waals surface area contributed by atoms with Crippen LogP contribution in [-0.4, -0.2) is 21.9 Å². The van der Waals surface area contributed by atoms with Crippen LogP contribution in [0.2, 0.25) is 0 Å². The Bertz CT molecular complexity index is 536. The summed E-state index contributed by atoms with van der Waals surface area (Å²) in [5.74, 6) is 0.638. The van der Waals surface area contributed by atoms with Gasteiger partial charge in [-0.15, -0.1) is 0 Å². The summed E-state index contributed by atoms with van der Waals surface area (Å²) < 4.78 is 0. The van der Waals surface area contributed by atoms with Crippen LogP contribution in [0.15, 0.2) is 30.5 Å². The fraction of sp³-hybridized carbons (Fsp3) is 0.182. The Balaban J connectivity index is 2.32. The van der Waals surface area contributed by atoms with Crippen LogP contribution in [0.5, 0.6) is 0 Å². The van der Waals surface area contributed by atoms with Crippen molar-refractivity contribution in [1.29, 1.82) is 0 Å². The number of nitrogens with zero attached hydrogens (tertiary/aromatic N) is 2. The molecule has 0 unspecified atom stereocenters. The number of hydrogen-bond donors (Lipinski definition) is 2. The van der Waals surface area contributed by atoms with Crippen LogP contribution >= 0.6 is 0 Å². The first kappa shape index (κ1) is 11.3. The van der Waals surface area contributed by atoms with Crippen LogP contribution in [-0.2, 0) is 6.54 Å². The zero-order valence-electron chi connectivity index (χ0n) is 9.30. The van der Waals surface area contributed by atoms with Gasteiger partial charge in [0.05, 0.1) is 4.92 Å². The minimum Gasteiger partial charge on any atom is -0.341 e. The molecule has 0 fully saturated rings. The van der Waals surface area contributed by atoms with Gasteiger partial charge in [-0.05, 0) is 7.05 Å². The Morgan fingerprint density at radius 1 is 1.53 bits per heavy atom. The van der Waals surface area contributed by atoms with Crippen molar-refractivity contribution < 1.29 is 4.92 Å². The van der Waals surface area contributed by atoms with E-state index in [1.54, 1.807) is 18.3 Å². The Kier molecular flexibility index (Phi) is 3.15. The fourth-order valence-electron chi connectivity index (χ4n) is 1.55. The quantitative estimate of drug-likeness (QED) is 0.620. The molecule has 1 aromatic carbocycles. The third-order valence-electron chi connectivity index (χ3n) is 2.33. The first-order valence-electron chi connectivity index (χ1n) is 5.14. The molecule has 2 rings (SSSR count). The molecule has 17 heavy (non-hydrogen) atoms. The molecule has 0 aliphatic rings. The average molecular weight is 232 g/mol. The van der Waals surface area contributed by atoms with E-state index in [1.165, 1.54) is 12.1 Å². The van der Waals surface area contributed by atoms with Gasteiger partial charge < -0.3 is 10.3 Å². The van der Waals surface area contributed by atoms with Crippen molar-refractivity contribution in [1.82, 2.24) is 15.3 Å². The highest BCUT2D eigenvalue weighted by Gasteiger charge is 2.09. The van der Waals surface area contributed by atoms with E-state index in [-0.39, 0.29) is 5.69 Å². The van der Waals surface area contributed by atoms with Gasteiger partial charge in [0.15, 0.2) is 0 Å². The molecule has 0 amide bonds. The maximum absolute atomic E-state index is 10.7. The van der Waals surface area contributed by atoms with Crippen LogP contribution in [0.4, 0.5) is 5.69 Å². The lowest BCUT2D eigenvalue weighted by molar-refractivity contribution is -0.384. The average Bonchev–Trinajstić information content (AvgIpc) is 2.78. The summed E-state index contributed by atoms with van der Waals surface area (Å²) in [6.45, 7) is 0.682. The zero-order chi connectivity index (χ0) is 12.3. The summed E-state index contributed by atoms with van der Waals surface area (Å²) in [6, 6.07) is 6.39. The van der Waals surface area contributed by atoms with E-state index in [4.69, 9.17) is 0 Å². The molecule has 0 radical (unpaired) electrons. The minimum atomic E-state index is -0.416.